The number of ether oxygens (including phenoxy) is 2. The maximum Gasteiger partial charge on any atom is 0.166 e. The Balaban J connectivity index is 2.29. The third kappa shape index (κ3) is 1.82. The summed E-state index contributed by atoms with van der Waals surface area (Å²) in [5.41, 5.74) is 6.65. The van der Waals surface area contributed by atoms with Crippen molar-refractivity contribution in [3.05, 3.63) is 23.8 Å². The fourth-order valence-corrected chi connectivity index (χ4v) is 1.37. The lowest BCUT2D eigenvalue weighted by Crippen LogP contribution is -2.05. The fraction of sp³-hybridized carbons (Fsp3) is 0.455. The second-order valence-electron chi connectivity index (χ2n) is 3.47. The summed E-state index contributed by atoms with van der Waals surface area (Å²) in [6.07, 6.45) is 2.65. The topological polar surface area (TPSA) is 44.5 Å². The fourth-order valence-electron chi connectivity index (χ4n) is 1.37. The average Bonchev–Trinajstić information content (AvgIpc) is 3.02. The summed E-state index contributed by atoms with van der Waals surface area (Å²) < 4.78 is 11.0. The van der Waals surface area contributed by atoms with Crippen LogP contribution in [0.5, 0.6) is 11.5 Å². The maximum atomic E-state index is 5.76. The molecule has 0 unspecified atom stereocenters. The van der Waals surface area contributed by atoms with Crippen molar-refractivity contribution in [2.24, 2.45) is 5.73 Å². The minimum Gasteiger partial charge on any atom is -0.493 e. The van der Waals surface area contributed by atoms with Crippen molar-refractivity contribution < 1.29 is 9.47 Å². The van der Waals surface area contributed by atoms with Crippen LogP contribution in [0.3, 0.4) is 0 Å². The second kappa shape index (κ2) is 3.88. The predicted octanol–water partition coefficient (Wildman–Crippen LogP) is 1.70. The zero-order valence-corrected chi connectivity index (χ0v) is 8.32. The van der Waals surface area contributed by atoms with Crippen LogP contribution in [0, 0.1) is 0 Å². The number of rotatable bonds is 4. The molecular weight excluding hydrogens is 178 g/mol. The highest BCUT2D eigenvalue weighted by Crippen LogP contribution is 2.36. The van der Waals surface area contributed by atoms with Crippen LogP contribution in [-0.2, 0) is 6.54 Å². The van der Waals surface area contributed by atoms with Gasteiger partial charge in [0.25, 0.3) is 0 Å². The van der Waals surface area contributed by atoms with Crippen LogP contribution >= 0.6 is 0 Å². The van der Waals surface area contributed by atoms with Crippen LogP contribution in [0.1, 0.15) is 18.4 Å². The van der Waals surface area contributed by atoms with Gasteiger partial charge in [0.15, 0.2) is 11.5 Å². The Morgan fingerprint density at radius 3 is 2.79 bits per heavy atom. The van der Waals surface area contributed by atoms with E-state index < -0.39 is 0 Å². The van der Waals surface area contributed by atoms with Crippen LogP contribution in [0.25, 0.3) is 0 Å². The first-order chi connectivity index (χ1) is 6.85. The van der Waals surface area contributed by atoms with Crippen LogP contribution in [0.15, 0.2) is 18.2 Å². The maximum absolute atomic E-state index is 5.76. The van der Waals surface area contributed by atoms with Crippen molar-refractivity contribution in [1.82, 2.24) is 0 Å². The van der Waals surface area contributed by atoms with E-state index in [0.717, 1.165) is 29.9 Å². The zero-order chi connectivity index (χ0) is 9.97. The molecule has 0 amide bonds. The quantitative estimate of drug-likeness (QED) is 0.791. The monoisotopic (exact) mass is 193 g/mol. The van der Waals surface area contributed by atoms with Crippen LogP contribution in [0.4, 0.5) is 0 Å². The molecule has 2 rings (SSSR count). The summed E-state index contributed by atoms with van der Waals surface area (Å²) in [6.45, 7) is 0.485. The van der Waals surface area contributed by atoms with E-state index in [0.29, 0.717) is 12.6 Å². The lowest BCUT2D eigenvalue weighted by molar-refractivity contribution is 0.279. The molecule has 0 spiro atoms. The SMILES string of the molecule is COc1cccc(CN)c1OC1CC1. The number of para-hydroxylation sites is 1. The molecule has 1 aromatic carbocycles. The van der Waals surface area contributed by atoms with E-state index in [-0.39, 0.29) is 0 Å². The van der Waals surface area contributed by atoms with Gasteiger partial charge in [0.05, 0.1) is 13.2 Å². The summed E-state index contributed by atoms with van der Waals surface area (Å²) in [5, 5.41) is 0. The van der Waals surface area contributed by atoms with Crippen molar-refractivity contribution in [2.45, 2.75) is 25.5 Å². The van der Waals surface area contributed by atoms with E-state index in [2.05, 4.69) is 0 Å². The molecule has 1 saturated carbocycles. The second-order valence-corrected chi connectivity index (χ2v) is 3.47. The third-order valence-corrected chi connectivity index (χ3v) is 2.31. The minimum atomic E-state index is 0.372. The molecule has 14 heavy (non-hydrogen) atoms. The number of hydrogen-bond donors (Lipinski definition) is 1. The molecule has 3 nitrogen and oxygen atoms in total. The lowest BCUT2D eigenvalue weighted by Gasteiger charge is -2.13. The van der Waals surface area contributed by atoms with Gasteiger partial charge in [0.1, 0.15) is 0 Å². The van der Waals surface area contributed by atoms with Gasteiger partial charge in [0.2, 0.25) is 0 Å². The zero-order valence-electron chi connectivity index (χ0n) is 8.32. The van der Waals surface area contributed by atoms with Gasteiger partial charge in [-0.25, -0.2) is 0 Å². The van der Waals surface area contributed by atoms with Crippen molar-refractivity contribution in [3.63, 3.8) is 0 Å². The van der Waals surface area contributed by atoms with E-state index in [1.54, 1.807) is 7.11 Å². The highest BCUT2D eigenvalue weighted by molar-refractivity contribution is 5.46. The molecule has 2 N–H and O–H groups in total. The first-order valence-electron chi connectivity index (χ1n) is 4.87. The molecule has 0 radical (unpaired) electrons. The molecule has 1 aliphatic carbocycles. The lowest BCUT2D eigenvalue weighted by atomic mass is 10.2. The van der Waals surface area contributed by atoms with Gasteiger partial charge < -0.3 is 15.2 Å². The van der Waals surface area contributed by atoms with Gasteiger partial charge in [-0.2, -0.15) is 0 Å². The molecule has 0 heterocycles. The largest absolute Gasteiger partial charge is 0.493 e. The molecule has 0 aromatic heterocycles. The molecule has 3 heteroatoms. The van der Waals surface area contributed by atoms with Crippen LogP contribution < -0.4 is 15.2 Å². The van der Waals surface area contributed by atoms with Gasteiger partial charge in [-0.1, -0.05) is 12.1 Å². The Kier molecular flexibility index (Phi) is 2.59. The van der Waals surface area contributed by atoms with Crippen LogP contribution in [-0.4, -0.2) is 13.2 Å². The number of nitrogens with two attached hydrogens (primary N) is 1. The van der Waals surface area contributed by atoms with E-state index in [1.165, 1.54) is 0 Å². The van der Waals surface area contributed by atoms with Gasteiger partial charge in [-0.15, -0.1) is 0 Å². The van der Waals surface area contributed by atoms with E-state index in [9.17, 15) is 0 Å². The molecule has 0 bridgehead atoms. The molecule has 1 aromatic rings. The van der Waals surface area contributed by atoms with Crippen molar-refractivity contribution >= 4 is 0 Å². The molecule has 0 aliphatic heterocycles. The third-order valence-electron chi connectivity index (χ3n) is 2.31. The standard InChI is InChI=1S/C11H15NO2/c1-13-10-4-2-3-8(7-12)11(10)14-9-5-6-9/h2-4,9H,5-7,12H2,1H3. The molecular formula is C11H15NO2. The van der Waals surface area contributed by atoms with Crippen molar-refractivity contribution in [3.8, 4) is 11.5 Å². The predicted molar refractivity (Wildman–Crippen MR) is 54.5 cm³/mol. The molecule has 0 atom stereocenters. The summed E-state index contributed by atoms with van der Waals surface area (Å²) in [4.78, 5) is 0. The minimum absolute atomic E-state index is 0.372. The van der Waals surface area contributed by atoms with E-state index in [1.807, 2.05) is 18.2 Å². The van der Waals surface area contributed by atoms with E-state index in [4.69, 9.17) is 15.2 Å². The molecule has 0 saturated heterocycles. The van der Waals surface area contributed by atoms with Gasteiger partial charge in [0, 0.05) is 12.1 Å². The van der Waals surface area contributed by atoms with E-state index >= 15 is 0 Å². The normalized spacial score (nSPS) is 15.3. The molecule has 76 valence electrons. The Hall–Kier alpha value is -1.22. The van der Waals surface area contributed by atoms with Crippen molar-refractivity contribution in [1.29, 1.82) is 0 Å². The van der Waals surface area contributed by atoms with Gasteiger partial charge in [-0.3, -0.25) is 0 Å². The van der Waals surface area contributed by atoms with Gasteiger partial charge in [-0.05, 0) is 18.9 Å². The Labute approximate surface area is 83.8 Å². The number of benzene rings is 1. The highest BCUT2D eigenvalue weighted by Gasteiger charge is 2.25. The van der Waals surface area contributed by atoms with Crippen molar-refractivity contribution in [2.75, 3.05) is 7.11 Å². The summed E-state index contributed by atoms with van der Waals surface area (Å²) in [7, 11) is 1.65. The summed E-state index contributed by atoms with van der Waals surface area (Å²) in [6, 6.07) is 5.80. The number of hydrogen-bond acceptors (Lipinski definition) is 3. The van der Waals surface area contributed by atoms with Crippen LogP contribution in [0.2, 0.25) is 0 Å². The first kappa shape index (κ1) is 9.34. The Morgan fingerprint density at radius 1 is 1.43 bits per heavy atom. The highest BCUT2D eigenvalue weighted by atomic mass is 16.5. The summed E-state index contributed by atoms with van der Waals surface area (Å²) >= 11 is 0. The Bertz CT molecular complexity index is 299. The molecule has 1 fully saturated rings. The average molecular weight is 193 g/mol. The Morgan fingerprint density at radius 2 is 2.21 bits per heavy atom. The smallest absolute Gasteiger partial charge is 0.166 e. The number of methoxy groups -OCH3 is 1. The summed E-state index contributed by atoms with van der Waals surface area (Å²) in [5.74, 6) is 1.60. The molecule has 1 aliphatic rings. The van der Waals surface area contributed by atoms with Gasteiger partial charge >= 0.3 is 0 Å². The first-order valence-corrected chi connectivity index (χ1v) is 4.87.